The topological polar surface area (TPSA) is 20.2 Å². The maximum Gasteiger partial charge on any atom is 0.456 e. The molecule has 1 spiro atoms. The molecule has 1 heterocycles. The molecular weight excluding hydrogens is 487 g/mol. The van der Waals surface area contributed by atoms with Crippen LogP contribution in [0.25, 0.3) is 0 Å². The number of fused-ring (bicyclic) bond motifs is 5. The fourth-order valence-corrected chi connectivity index (χ4v) is 11.9. The smallest absolute Gasteiger partial charge is 0.383 e. The lowest BCUT2D eigenvalue weighted by Crippen LogP contribution is -2.66. The molecular formula is C26H35F5OS2. The van der Waals surface area contributed by atoms with Gasteiger partial charge in [-0.1, -0.05) is 31.6 Å². The van der Waals surface area contributed by atoms with Gasteiger partial charge in [0.25, 0.3) is 0 Å². The first-order valence-electron chi connectivity index (χ1n) is 12.5. The summed E-state index contributed by atoms with van der Waals surface area (Å²) in [7, 11) is 0. The monoisotopic (exact) mass is 522 g/mol. The normalized spacial score (nSPS) is 45.9. The number of rotatable bonds is 3. The lowest BCUT2D eigenvalue weighted by atomic mass is 9.43. The molecule has 34 heavy (non-hydrogen) atoms. The molecule has 1 aliphatic heterocycles. The van der Waals surface area contributed by atoms with Gasteiger partial charge in [0.1, 0.15) is 5.60 Å². The zero-order valence-corrected chi connectivity index (χ0v) is 21.5. The van der Waals surface area contributed by atoms with Gasteiger partial charge in [0.2, 0.25) is 0 Å². The van der Waals surface area contributed by atoms with Crippen molar-refractivity contribution >= 4 is 23.5 Å². The van der Waals surface area contributed by atoms with Gasteiger partial charge in [-0.3, -0.25) is 0 Å². The van der Waals surface area contributed by atoms with Gasteiger partial charge in [-0.25, -0.2) is 0 Å². The number of hydrogen-bond acceptors (Lipinski definition) is 3. The number of thioether (sulfide) groups is 2. The van der Waals surface area contributed by atoms with Crippen molar-refractivity contribution in [2.24, 2.45) is 34.5 Å². The van der Waals surface area contributed by atoms with Crippen LogP contribution in [0, 0.1) is 34.5 Å². The molecule has 1 N–H and O–H groups in total. The van der Waals surface area contributed by atoms with Crippen LogP contribution < -0.4 is 0 Å². The van der Waals surface area contributed by atoms with E-state index in [0.717, 1.165) is 37.2 Å². The molecule has 5 rings (SSSR count). The molecule has 0 aromatic carbocycles. The molecule has 1 saturated heterocycles. The third-order valence-corrected chi connectivity index (χ3v) is 14.0. The van der Waals surface area contributed by atoms with Crippen molar-refractivity contribution in [1.82, 2.24) is 0 Å². The van der Waals surface area contributed by atoms with Gasteiger partial charge in [-0.15, -0.1) is 30.1 Å². The standard InChI is InChI=1S/C26H35F5OS2/c1-4-5-16-14-17-15-23(33-12-13-34-23)11-10-21(17,2)18-6-8-22(3)19(20(16)18)7-9-24(22,32)25(27,28)26(29,30)31/h4,15-16,18-20,32H,1,5-14H2,2-3H3/t16-,18+,19+,20-,21+,22+,24+/m1/s1. The summed E-state index contributed by atoms with van der Waals surface area (Å²) in [5.41, 5.74) is -3.10. The second-order valence-electron chi connectivity index (χ2n) is 11.8. The van der Waals surface area contributed by atoms with Crippen LogP contribution in [-0.4, -0.2) is 38.4 Å². The van der Waals surface area contributed by atoms with Gasteiger partial charge in [0.15, 0.2) is 0 Å². The van der Waals surface area contributed by atoms with Gasteiger partial charge in [-0.05, 0) is 80.5 Å². The third kappa shape index (κ3) is 3.22. The Labute approximate surface area is 207 Å². The minimum Gasteiger partial charge on any atom is -0.383 e. The summed E-state index contributed by atoms with van der Waals surface area (Å²) in [6.07, 6.45) is 2.82. The highest BCUT2D eigenvalue weighted by atomic mass is 32.2. The number of aliphatic hydroxyl groups is 1. The molecule has 0 aromatic rings. The largest absolute Gasteiger partial charge is 0.456 e. The van der Waals surface area contributed by atoms with E-state index in [-0.39, 0.29) is 46.0 Å². The highest BCUT2D eigenvalue weighted by Gasteiger charge is 2.79. The summed E-state index contributed by atoms with van der Waals surface area (Å²) in [5, 5.41) is 11.1. The van der Waals surface area contributed by atoms with Crippen molar-refractivity contribution in [2.45, 2.75) is 87.0 Å². The fraction of sp³-hybridized carbons (Fsp3) is 0.846. The number of alkyl halides is 5. The Morgan fingerprint density at radius 1 is 1.03 bits per heavy atom. The SMILES string of the molecule is C=CC[C@@H]1CC2=CC3(CC[C@]2(C)[C@H]2CC[C@@]4(C)[C@@H](CC[C@@]4(O)C(F)(F)C(F)(F)F)[C@H]12)SCCS3. The van der Waals surface area contributed by atoms with E-state index in [1.165, 1.54) is 12.5 Å². The van der Waals surface area contributed by atoms with Crippen LogP contribution in [0.15, 0.2) is 24.3 Å². The molecule has 8 heteroatoms. The van der Waals surface area contributed by atoms with E-state index in [0.29, 0.717) is 6.42 Å². The first-order valence-corrected chi connectivity index (χ1v) is 14.5. The van der Waals surface area contributed by atoms with Gasteiger partial charge in [0.05, 0.1) is 4.08 Å². The molecule has 7 atom stereocenters. The molecule has 0 amide bonds. The minimum atomic E-state index is -5.76. The molecule has 0 bridgehead atoms. The maximum absolute atomic E-state index is 14.8. The highest BCUT2D eigenvalue weighted by molar-refractivity contribution is 8.21. The van der Waals surface area contributed by atoms with Crippen LogP contribution in [0.1, 0.15) is 65.2 Å². The highest BCUT2D eigenvalue weighted by Crippen LogP contribution is 2.73. The second-order valence-corrected chi connectivity index (χ2v) is 14.9. The van der Waals surface area contributed by atoms with Gasteiger partial charge in [0, 0.05) is 16.9 Å². The van der Waals surface area contributed by atoms with E-state index in [1.54, 1.807) is 0 Å². The number of halogens is 5. The molecule has 5 aliphatic rings. The molecule has 1 nitrogen and oxygen atoms in total. The van der Waals surface area contributed by atoms with Crippen LogP contribution in [0.2, 0.25) is 0 Å². The summed E-state index contributed by atoms with van der Waals surface area (Å²) in [5.74, 6) is -2.73. The van der Waals surface area contributed by atoms with Gasteiger partial charge in [-0.2, -0.15) is 22.0 Å². The molecule has 0 unspecified atom stereocenters. The first kappa shape index (κ1) is 25.4. The van der Waals surface area contributed by atoms with E-state index < -0.39 is 29.5 Å². The second kappa shape index (κ2) is 7.89. The van der Waals surface area contributed by atoms with E-state index in [9.17, 15) is 27.1 Å². The Bertz CT molecular complexity index is 881. The average Bonchev–Trinajstić information content (AvgIpc) is 3.32. The number of allylic oxidation sites excluding steroid dienone is 2. The van der Waals surface area contributed by atoms with E-state index in [4.69, 9.17) is 0 Å². The molecule has 3 saturated carbocycles. The predicted octanol–water partition coefficient (Wildman–Crippen LogP) is 7.86. The van der Waals surface area contributed by atoms with E-state index in [1.807, 2.05) is 29.6 Å². The van der Waals surface area contributed by atoms with Crippen LogP contribution in [-0.2, 0) is 0 Å². The zero-order chi connectivity index (χ0) is 24.8. The zero-order valence-electron chi connectivity index (χ0n) is 19.9. The first-order chi connectivity index (χ1) is 15.7. The van der Waals surface area contributed by atoms with Crippen molar-refractivity contribution in [3.05, 3.63) is 24.3 Å². The Kier molecular flexibility index (Phi) is 5.91. The van der Waals surface area contributed by atoms with Crippen molar-refractivity contribution in [1.29, 1.82) is 0 Å². The van der Waals surface area contributed by atoms with Crippen LogP contribution >= 0.6 is 23.5 Å². The Balaban J connectivity index is 1.54. The van der Waals surface area contributed by atoms with Crippen LogP contribution in [0.5, 0.6) is 0 Å². The van der Waals surface area contributed by atoms with Crippen molar-refractivity contribution < 1.29 is 27.1 Å². The molecule has 192 valence electrons. The maximum atomic E-state index is 14.8. The quantitative estimate of drug-likeness (QED) is 0.301. The number of hydrogen-bond donors (Lipinski definition) is 1. The van der Waals surface area contributed by atoms with Crippen molar-refractivity contribution in [2.75, 3.05) is 11.5 Å². The van der Waals surface area contributed by atoms with Crippen LogP contribution in [0.4, 0.5) is 22.0 Å². The van der Waals surface area contributed by atoms with Crippen molar-refractivity contribution in [3.63, 3.8) is 0 Å². The summed E-state index contributed by atoms with van der Waals surface area (Å²) >= 11 is 4.05. The summed E-state index contributed by atoms with van der Waals surface area (Å²) in [6.45, 7) is 7.77. The summed E-state index contributed by atoms with van der Waals surface area (Å²) in [4.78, 5) is 0. The summed E-state index contributed by atoms with van der Waals surface area (Å²) in [6, 6.07) is 0. The Morgan fingerprint density at radius 2 is 1.68 bits per heavy atom. The summed E-state index contributed by atoms with van der Waals surface area (Å²) < 4.78 is 70.2. The minimum absolute atomic E-state index is 0.0230. The Hall–Kier alpha value is -0.210. The van der Waals surface area contributed by atoms with Crippen molar-refractivity contribution in [3.8, 4) is 0 Å². The third-order valence-electron chi connectivity index (χ3n) is 10.6. The lowest BCUT2D eigenvalue weighted by molar-refractivity contribution is -0.364. The van der Waals surface area contributed by atoms with Gasteiger partial charge < -0.3 is 5.11 Å². The van der Waals surface area contributed by atoms with Gasteiger partial charge >= 0.3 is 12.1 Å². The molecule has 0 radical (unpaired) electrons. The molecule has 4 aliphatic carbocycles. The molecule has 0 aromatic heterocycles. The van der Waals surface area contributed by atoms with Crippen LogP contribution in [0.3, 0.4) is 0 Å². The van der Waals surface area contributed by atoms with E-state index >= 15 is 0 Å². The Morgan fingerprint density at radius 3 is 2.29 bits per heavy atom. The van der Waals surface area contributed by atoms with E-state index in [2.05, 4.69) is 19.6 Å². The molecule has 4 fully saturated rings. The average molecular weight is 523 g/mol. The predicted molar refractivity (Wildman–Crippen MR) is 129 cm³/mol. The fourth-order valence-electron chi connectivity index (χ4n) is 8.75. The lowest BCUT2D eigenvalue weighted by Gasteiger charge is -2.62.